The molecule has 1 aliphatic heterocycles. The fraction of sp³-hybridized carbons (Fsp3) is 0.375. The molecule has 1 unspecified atom stereocenters. The van der Waals surface area contributed by atoms with Crippen LogP contribution in [0.25, 0.3) is 5.69 Å². The fourth-order valence-corrected chi connectivity index (χ4v) is 2.97. The van der Waals surface area contributed by atoms with Gasteiger partial charge in [-0.1, -0.05) is 12.1 Å². The lowest BCUT2D eigenvalue weighted by molar-refractivity contribution is 0.276. The van der Waals surface area contributed by atoms with Crippen LogP contribution in [0.3, 0.4) is 0 Å². The minimum absolute atomic E-state index is 0.0625. The topological polar surface area (TPSA) is 37.2 Å². The first-order valence-corrected chi connectivity index (χ1v) is 6.91. The van der Waals surface area contributed by atoms with E-state index in [9.17, 15) is 0 Å². The van der Waals surface area contributed by atoms with Crippen LogP contribution in [-0.4, -0.2) is 16.3 Å². The molecule has 1 atom stereocenters. The molecule has 3 rings (SSSR count). The average Bonchev–Trinajstić information content (AvgIpc) is 2.90. The molecule has 1 aromatic carbocycles. The van der Waals surface area contributed by atoms with Crippen molar-refractivity contribution in [3.63, 3.8) is 0 Å². The third-order valence-corrected chi connectivity index (χ3v) is 3.97. The zero-order chi connectivity index (χ0) is 13.3. The summed E-state index contributed by atoms with van der Waals surface area (Å²) in [6.45, 7) is 2.51. The van der Waals surface area contributed by atoms with Crippen LogP contribution in [0.15, 0.2) is 42.6 Å². The Morgan fingerprint density at radius 2 is 2.00 bits per heavy atom. The number of aromatic nitrogens is 1. The third-order valence-electron chi connectivity index (χ3n) is 3.97. The number of anilines is 1. The number of rotatable bonds is 4. The standard InChI is InChI=1S/C16H20N2O/c1-16(10-4-5-12-19)15-9-6-11-18(15)14-8-3-2-7-13(14)17-16/h2-3,6-9,11,17,19H,4-5,10,12H2,1H3. The van der Waals surface area contributed by atoms with E-state index in [1.54, 1.807) is 0 Å². The maximum Gasteiger partial charge on any atom is 0.0751 e. The molecule has 0 fully saturated rings. The number of hydrogen-bond donors (Lipinski definition) is 2. The summed E-state index contributed by atoms with van der Waals surface area (Å²) < 4.78 is 2.27. The van der Waals surface area contributed by atoms with Crippen molar-refractivity contribution in [3.05, 3.63) is 48.3 Å². The Kier molecular flexibility index (Phi) is 3.07. The molecule has 2 N–H and O–H groups in total. The van der Waals surface area contributed by atoms with Gasteiger partial charge in [-0.2, -0.15) is 0 Å². The van der Waals surface area contributed by atoms with E-state index in [0.29, 0.717) is 0 Å². The number of nitrogens with one attached hydrogen (secondary N) is 1. The van der Waals surface area contributed by atoms with Gasteiger partial charge in [-0.15, -0.1) is 0 Å². The summed E-state index contributed by atoms with van der Waals surface area (Å²) >= 11 is 0. The molecule has 0 bridgehead atoms. The maximum atomic E-state index is 8.97. The number of hydrogen-bond acceptors (Lipinski definition) is 2. The Labute approximate surface area is 113 Å². The predicted octanol–water partition coefficient (Wildman–Crippen LogP) is 3.28. The van der Waals surface area contributed by atoms with Crippen LogP contribution in [0, 0.1) is 0 Å². The Balaban J connectivity index is 1.98. The summed E-state index contributed by atoms with van der Waals surface area (Å²) in [6.07, 6.45) is 5.03. The van der Waals surface area contributed by atoms with E-state index in [0.717, 1.165) is 19.3 Å². The molecule has 0 aliphatic carbocycles. The molecule has 0 radical (unpaired) electrons. The first-order valence-electron chi connectivity index (χ1n) is 6.91. The number of fused-ring (bicyclic) bond motifs is 3. The maximum absolute atomic E-state index is 8.97. The van der Waals surface area contributed by atoms with Gasteiger partial charge in [0, 0.05) is 18.5 Å². The van der Waals surface area contributed by atoms with Gasteiger partial charge in [0.05, 0.1) is 16.9 Å². The quantitative estimate of drug-likeness (QED) is 0.824. The van der Waals surface area contributed by atoms with Crippen LogP contribution in [-0.2, 0) is 5.54 Å². The first kappa shape index (κ1) is 12.3. The molecule has 0 spiro atoms. The smallest absolute Gasteiger partial charge is 0.0751 e. The van der Waals surface area contributed by atoms with E-state index in [2.05, 4.69) is 59.4 Å². The second-order valence-electron chi connectivity index (χ2n) is 5.42. The van der Waals surface area contributed by atoms with Crippen molar-refractivity contribution < 1.29 is 5.11 Å². The van der Waals surface area contributed by atoms with Crippen molar-refractivity contribution in [2.45, 2.75) is 31.7 Å². The zero-order valence-electron chi connectivity index (χ0n) is 11.3. The van der Waals surface area contributed by atoms with Gasteiger partial charge in [-0.25, -0.2) is 0 Å². The number of para-hydroxylation sites is 2. The van der Waals surface area contributed by atoms with Gasteiger partial charge in [0.1, 0.15) is 0 Å². The van der Waals surface area contributed by atoms with Crippen molar-refractivity contribution in [2.24, 2.45) is 0 Å². The third kappa shape index (κ3) is 2.04. The van der Waals surface area contributed by atoms with Gasteiger partial charge in [-0.3, -0.25) is 0 Å². The van der Waals surface area contributed by atoms with Crippen LogP contribution >= 0.6 is 0 Å². The Hall–Kier alpha value is -1.74. The number of unbranched alkanes of at least 4 members (excludes halogenated alkanes) is 1. The monoisotopic (exact) mass is 256 g/mol. The molecule has 3 nitrogen and oxygen atoms in total. The lowest BCUT2D eigenvalue weighted by Crippen LogP contribution is -2.37. The summed E-state index contributed by atoms with van der Waals surface area (Å²) in [5, 5.41) is 12.6. The molecule has 19 heavy (non-hydrogen) atoms. The second kappa shape index (κ2) is 4.74. The van der Waals surface area contributed by atoms with E-state index in [4.69, 9.17) is 5.11 Å². The van der Waals surface area contributed by atoms with Crippen molar-refractivity contribution >= 4 is 5.69 Å². The van der Waals surface area contributed by atoms with Crippen LogP contribution < -0.4 is 5.32 Å². The van der Waals surface area contributed by atoms with Crippen molar-refractivity contribution in [2.75, 3.05) is 11.9 Å². The molecule has 2 aromatic rings. The van der Waals surface area contributed by atoms with E-state index in [-0.39, 0.29) is 12.1 Å². The SMILES string of the molecule is CC1(CCCCO)Nc2ccccc2-n2cccc21. The molecular weight excluding hydrogens is 236 g/mol. The summed E-state index contributed by atoms with van der Waals surface area (Å²) in [4.78, 5) is 0. The van der Waals surface area contributed by atoms with Crippen LogP contribution in [0.2, 0.25) is 0 Å². The van der Waals surface area contributed by atoms with Gasteiger partial charge in [0.15, 0.2) is 0 Å². The minimum atomic E-state index is -0.0625. The summed E-state index contributed by atoms with van der Waals surface area (Å²) in [5.74, 6) is 0. The predicted molar refractivity (Wildman–Crippen MR) is 77.7 cm³/mol. The second-order valence-corrected chi connectivity index (χ2v) is 5.42. The zero-order valence-corrected chi connectivity index (χ0v) is 11.3. The number of nitrogens with zero attached hydrogens (tertiary/aromatic N) is 1. The molecule has 0 amide bonds. The van der Waals surface area contributed by atoms with E-state index in [1.165, 1.54) is 17.1 Å². The van der Waals surface area contributed by atoms with Crippen LogP contribution in [0.1, 0.15) is 31.9 Å². The Morgan fingerprint density at radius 3 is 2.84 bits per heavy atom. The summed E-state index contributed by atoms with van der Waals surface area (Å²) in [6, 6.07) is 12.7. The van der Waals surface area contributed by atoms with Crippen molar-refractivity contribution in [1.29, 1.82) is 0 Å². The minimum Gasteiger partial charge on any atom is -0.396 e. The normalized spacial score (nSPS) is 20.5. The number of aliphatic hydroxyl groups is 1. The van der Waals surface area contributed by atoms with Crippen LogP contribution in [0.5, 0.6) is 0 Å². The highest BCUT2D eigenvalue weighted by Crippen LogP contribution is 2.39. The molecular formula is C16H20N2O. The molecule has 3 heteroatoms. The molecule has 100 valence electrons. The Morgan fingerprint density at radius 1 is 1.16 bits per heavy atom. The fourth-order valence-electron chi connectivity index (χ4n) is 2.97. The largest absolute Gasteiger partial charge is 0.396 e. The van der Waals surface area contributed by atoms with Crippen molar-refractivity contribution in [3.8, 4) is 5.69 Å². The molecule has 0 saturated carbocycles. The summed E-state index contributed by atoms with van der Waals surface area (Å²) in [7, 11) is 0. The first-order chi connectivity index (χ1) is 9.24. The van der Waals surface area contributed by atoms with Crippen molar-refractivity contribution in [1.82, 2.24) is 4.57 Å². The van der Waals surface area contributed by atoms with E-state index in [1.807, 2.05) is 0 Å². The van der Waals surface area contributed by atoms with Gasteiger partial charge < -0.3 is 15.0 Å². The van der Waals surface area contributed by atoms with Gasteiger partial charge in [0.2, 0.25) is 0 Å². The molecule has 1 aliphatic rings. The van der Waals surface area contributed by atoms with Gasteiger partial charge >= 0.3 is 0 Å². The highest BCUT2D eigenvalue weighted by atomic mass is 16.2. The van der Waals surface area contributed by atoms with Gasteiger partial charge in [-0.05, 0) is 50.5 Å². The van der Waals surface area contributed by atoms with Gasteiger partial charge in [0.25, 0.3) is 0 Å². The molecule has 1 aromatic heterocycles. The number of aliphatic hydroxyl groups excluding tert-OH is 1. The molecule has 2 heterocycles. The van der Waals surface area contributed by atoms with E-state index >= 15 is 0 Å². The highest BCUT2D eigenvalue weighted by Gasteiger charge is 2.33. The highest BCUT2D eigenvalue weighted by molar-refractivity contribution is 5.66. The lowest BCUT2D eigenvalue weighted by atomic mass is 9.88. The van der Waals surface area contributed by atoms with Crippen LogP contribution in [0.4, 0.5) is 5.69 Å². The average molecular weight is 256 g/mol. The molecule has 0 saturated heterocycles. The Bertz CT molecular complexity index is 576. The summed E-state index contributed by atoms with van der Waals surface area (Å²) in [5.41, 5.74) is 3.62. The number of benzene rings is 1. The van der Waals surface area contributed by atoms with E-state index < -0.39 is 0 Å². The lowest BCUT2D eigenvalue weighted by Gasteiger charge is -2.38.